The first kappa shape index (κ1) is 30.0. The van der Waals surface area contributed by atoms with Crippen molar-refractivity contribution in [1.82, 2.24) is 19.9 Å². The summed E-state index contributed by atoms with van der Waals surface area (Å²) in [6.45, 7) is 1.85. The lowest BCUT2D eigenvalue weighted by atomic mass is 10.0. The normalized spacial score (nSPS) is 10.2. The lowest BCUT2D eigenvalue weighted by Gasteiger charge is -2.05. The molecule has 0 saturated heterocycles. The summed E-state index contributed by atoms with van der Waals surface area (Å²) >= 11 is 6.19. The molecular formula is C33H33ClN4O2. The van der Waals surface area contributed by atoms with Gasteiger partial charge in [-0.05, 0) is 66.3 Å². The molecule has 0 aliphatic heterocycles. The Kier molecular flexibility index (Phi) is 10.1. The van der Waals surface area contributed by atoms with Gasteiger partial charge in [-0.3, -0.25) is 9.78 Å². The molecule has 7 heteroatoms. The molecule has 6 rings (SSSR count). The van der Waals surface area contributed by atoms with Crippen molar-refractivity contribution >= 4 is 33.4 Å². The van der Waals surface area contributed by atoms with Crippen LogP contribution in [0, 0.1) is 6.92 Å². The summed E-state index contributed by atoms with van der Waals surface area (Å²) in [6, 6.07) is 32.1. The second-order valence-electron chi connectivity index (χ2n) is 9.03. The molecule has 2 aromatic heterocycles. The fourth-order valence-corrected chi connectivity index (χ4v) is 4.62. The maximum absolute atomic E-state index is 11.7. The molecule has 0 fully saturated rings. The quantitative estimate of drug-likeness (QED) is 0.225. The Morgan fingerprint density at radius 2 is 1.20 bits per heavy atom. The van der Waals surface area contributed by atoms with Gasteiger partial charge >= 0.3 is 5.69 Å². The number of nitrogens with zero attached hydrogens (tertiary/aromatic N) is 2. The smallest absolute Gasteiger partial charge is 0.307 e. The number of hydrogen-bond donors (Lipinski definition) is 2. The molecule has 0 spiro atoms. The highest BCUT2D eigenvalue weighted by molar-refractivity contribution is 6.34. The van der Waals surface area contributed by atoms with Crippen LogP contribution in [0.4, 0.5) is 0 Å². The van der Waals surface area contributed by atoms with Crippen LogP contribution in [0.3, 0.4) is 0 Å². The van der Waals surface area contributed by atoms with Crippen LogP contribution in [0.5, 0.6) is 0 Å². The summed E-state index contributed by atoms with van der Waals surface area (Å²) in [4.78, 5) is 36.3. The Morgan fingerprint density at radius 3 is 1.80 bits per heavy atom. The monoisotopic (exact) mass is 552 g/mol. The Labute approximate surface area is 238 Å². The summed E-state index contributed by atoms with van der Waals surface area (Å²) in [5.41, 5.74) is 5.35. The van der Waals surface area contributed by atoms with Crippen LogP contribution in [0.25, 0.3) is 21.8 Å². The Morgan fingerprint density at radius 1 is 0.650 bits per heavy atom. The Hall–Kier alpha value is -4.55. The van der Waals surface area contributed by atoms with Crippen LogP contribution in [-0.2, 0) is 12.8 Å². The number of H-pyrrole nitrogens is 2. The summed E-state index contributed by atoms with van der Waals surface area (Å²) in [5, 5.41) is 1.95. The molecule has 0 bridgehead atoms. The molecule has 0 unspecified atom stereocenters. The predicted molar refractivity (Wildman–Crippen MR) is 166 cm³/mol. The Balaban J connectivity index is 0.000000210. The number of aromatic nitrogens is 4. The lowest BCUT2D eigenvalue weighted by molar-refractivity contribution is 1.08. The molecule has 204 valence electrons. The van der Waals surface area contributed by atoms with E-state index in [1.807, 2.05) is 61.5 Å². The largest absolute Gasteiger partial charge is 0.326 e. The minimum Gasteiger partial charge on any atom is -0.307 e. The van der Waals surface area contributed by atoms with Crippen molar-refractivity contribution in [3.8, 4) is 0 Å². The third-order valence-corrected chi connectivity index (χ3v) is 6.42. The first-order valence-corrected chi connectivity index (χ1v) is 12.6. The van der Waals surface area contributed by atoms with Crippen molar-refractivity contribution in [2.24, 2.45) is 0 Å². The maximum atomic E-state index is 11.7. The third kappa shape index (κ3) is 7.30. The maximum Gasteiger partial charge on any atom is 0.326 e. The van der Waals surface area contributed by atoms with E-state index >= 15 is 0 Å². The van der Waals surface area contributed by atoms with Gasteiger partial charge in [-0.2, -0.15) is 0 Å². The lowest BCUT2D eigenvalue weighted by Crippen LogP contribution is -2.21. The van der Waals surface area contributed by atoms with E-state index in [1.165, 1.54) is 16.7 Å². The van der Waals surface area contributed by atoms with Crippen LogP contribution in [0.2, 0.25) is 5.15 Å². The first-order valence-electron chi connectivity index (χ1n) is 12.2. The molecule has 40 heavy (non-hydrogen) atoms. The summed E-state index contributed by atoms with van der Waals surface area (Å²) < 4.78 is 0. The highest BCUT2D eigenvalue weighted by Gasteiger charge is 2.06. The Bertz CT molecular complexity index is 1830. The second-order valence-corrected chi connectivity index (χ2v) is 9.38. The van der Waals surface area contributed by atoms with Gasteiger partial charge in [-0.15, -0.1) is 0 Å². The molecule has 2 heterocycles. The summed E-state index contributed by atoms with van der Waals surface area (Å²) in [6.07, 6.45) is 1.65. The molecule has 0 aliphatic rings. The molecular weight excluding hydrogens is 520 g/mol. The molecule has 6 aromatic rings. The van der Waals surface area contributed by atoms with E-state index in [0.29, 0.717) is 21.9 Å². The number of aryl methyl sites for hydroxylation is 1. The highest BCUT2D eigenvalue weighted by atomic mass is 35.5. The number of hydrogen-bond acceptors (Lipinski definition) is 4. The number of fused-ring (bicyclic) bond motifs is 2. The van der Waals surface area contributed by atoms with Gasteiger partial charge in [0.05, 0.1) is 16.4 Å². The fraction of sp³-hybridized carbons (Fsp3) is 0.152. The van der Waals surface area contributed by atoms with Crippen LogP contribution in [0.1, 0.15) is 42.9 Å². The zero-order chi connectivity index (χ0) is 26.5. The van der Waals surface area contributed by atoms with E-state index in [-0.39, 0.29) is 20.4 Å². The summed E-state index contributed by atoms with van der Waals surface area (Å²) in [5.74, 6) is 0.702. The average Bonchev–Trinajstić information content (AvgIpc) is 2.91. The van der Waals surface area contributed by atoms with Crippen molar-refractivity contribution in [3.63, 3.8) is 0 Å². The molecule has 0 radical (unpaired) electrons. The van der Waals surface area contributed by atoms with E-state index in [9.17, 15) is 9.59 Å². The van der Waals surface area contributed by atoms with Gasteiger partial charge in [0, 0.05) is 5.39 Å². The minimum absolute atomic E-state index is 0. The zero-order valence-corrected chi connectivity index (χ0v) is 21.5. The summed E-state index contributed by atoms with van der Waals surface area (Å²) in [7, 11) is 0. The van der Waals surface area contributed by atoms with Gasteiger partial charge in [-0.1, -0.05) is 99.3 Å². The van der Waals surface area contributed by atoms with Crippen molar-refractivity contribution in [3.05, 3.63) is 151 Å². The average molecular weight is 553 g/mol. The number of benzene rings is 4. The third-order valence-electron chi connectivity index (χ3n) is 6.13. The van der Waals surface area contributed by atoms with Crippen LogP contribution in [-0.4, -0.2) is 19.9 Å². The van der Waals surface area contributed by atoms with Gasteiger partial charge in [0.1, 0.15) is 11.0 Å². The van der Waals surface area contributed by atoms with Crippen molar-refractivity contribution in [1.29, 1.82) is 0 Å². The van der Waals surface area contributed by atoms with Crippen LogP contribution < -0.4 is 11.2 Å². The molecule has 0 amide bonds. The molecule has 0 aliphatic carbocycles. The second kappa shape index (κ2) is 13.5. The van der Waals surface area contributed by atoms with E-state index in [1.54, 1.807) is 6.07 Å². The standard InChI is InChI=1S/C16H13ClN2.C15H12N2O2.2CH4/c1-11-18-15-8-7-13(10-14(15)16(17)19-11)9-12-5-3-2-4-6-12;18-14-12-9-11(8-10-4-2-1-3-5-10)6-7-13(12)16-15(19)17-14;;/h2-8,10H,9H2,1H3;1-7,9H,8H2,(H2,16,17,18,19);2*1H4. The van der Waals surface area contributed by atoms with Crippen LogP contribution in [0.15, 0.2) is 107 Å². The van der Waals surface area contributed by atoms with Crippen molar-refractivity contribution < 1.29 is 0 Å². The molecule has 0 atom stereocenters. The number of aromatic amines is 2. The van der Waals surface area contributed by atoms with Crippen molar-refractivity contribution in [2.75, 3.05) is 0 Å². The molecule has 6 nitrogen and oxygen atoms in total. The van der Waals surface area contributed by atoms with Gasteiger partial charge in [-0.25, -0.2) is 14.8 Å². The zero-order valence-electron chi connectivity index (χ0n) is 20.7. The molecule has 4 aromatic carbocycles. The van der Waals surface area contributed by atoms with Crippen LogP contribution >= 0.6 is 11.6 Å². The van der Waals surface area contributed by atoms with Gasteiger partial charge < -0.3 is 4.98 Å². The van der Waals surface area contributed by atoms with Crippen molar-refractivity contribution in [2.45, 2.75) is 34.6 Å². The number of rotatable bonds is 4. The first-order chi connectivity index (χ1) is 18.4. The van der Waals surface area contributed by atoms with Gasteiger partial charge in [0.15, 0.2) is 0 Å². The van der Waals surface area contributed by atoms with Gasteiger partial charge in [0.2, 0.25) is 0 Å². The fourth-order valence-electron chi connectivity index (χ4n) is 4.34. The van der Waals surface area contributed by atoms with E-state index < -0.39 is 5.69 Å². The van der Waals surface area contributed by atoms with E-state index in [0.717, 1.165) is 29.3 Å². The number of halogens is 1. The predicted octanol–water partition coefficient (Wildman–Crippen LogP) is 7.26. The van der Waals surface area contributed by atoms with E-state index in [4.69, 9.17) is 11.6 Å². The minimum atomic E-state index is -0.478. The van der Waals surface area contributed by atoms with Gasteiger partial charge in [0.25, 0.3) is 5.56 Å². The van der Waals surface area contributed by atoms with E-state index in [2.05, 4.69) is 56.3 Å². The number of nitrogens with one attached hydrogen (secondary N) is 2. The SMILES string of the molecule is C.C.Cc1nc(Cl)c2cc(Cc3ccccc3)ccc2n1.O=c1[nH]c(=O)c2cc(Cc3ccccc3)ccc2[nH]1. The molecule has 2 N–H and O–H groups in total. The molecule has 0 saturated carbocycles. The highest BCUT2D eigenvalue weighted by Crippen LogP contribution is 2.23. The topological polar surface area (TPSA) is 91.5 Å².